The lowest BCUT2D eigenvalue weighted by molar-refractivity contribution is -0.126. The molecule has 2 aromatic heterocycles. The van der Waals surface area contributed by atoms with Gasteiger partial charge in [-0.05, 0) is 63.6 Å². The zero-order chi connectivity index (χ0) is 24.6. The molecule has 0 bridgehead atoms. The van der Waals surface area contributed by atoms with Gasteiger partial charge in [-0.25, -0.2) is 14.8 Å². The number of anilines is 1. The van der Waals surface area contributed by atoms with Crippen molar-refractivity contribution in [1.29, 1.82) is 0 Å². The molecule has 192 valence electrons. The molecule has 3 fully saturated rings. The van der Waals surface area contributed by atoms with Gasteiger partial charge in [0.2, 0.25) is 0 Å². The van der Waals surface area contributed by atoms with E-state index in [9.17, 15) is 18.0 Å². The Morgan fingerprint density at radius 1 is 1.20 bits per heavy atom. The Morgan fingerprint density at radius 3 is 2.57 bits per heavy atom. The van der Waals surface area contributed by atoms with Gasteiger partial charge in [-0.1, -0.05) is 0 Å². The average Bonchev–Trinajstić information content (AvgIpc) is 3.20. The van der Waals surface area contributed by atoms with Crippen LogP contribution in [0.25, 0.3) is 10.2 Å². The lowest BCUT2D eigenvalue weighted by atomic mass is 9.71. The number of carbonyl (C=O) groups excluding carboxylic acids is 1. The third-order valence-corrected chi connectivity index (χ3v) is 8.92. The molecule has 11 heteroatoms. The minimum absolute atomic E-state index is 0.227. The number of hydrogen-bond acceptors (Lipinski definition) is 7. The maximum Gasteiger partial charge on any atom is 0.407 e. The number of likely N-dealkylation sites (tertiary alicyclic amines) is 1. The molecule has 0 radical (unpaired) electrons. The summed E-state index contributed by atoms with van der Waals surface area (Å²) in [5, 5.41) is 3.66. The van der Waals surface area contributed by atoms with E-state index in [2.05, 4.69) is 25.1 Å². The highest BCUT2D eigenvalue weighted by molar-refractivity contribution is 7.18. The summed E-state index contributed by atoms with van der Waals surface area (Å²) in [6.45, 7) is 5.10. The molecule has 2 aromatic rings. The predicted octanol–water partition coefficient (Wildman–Crippen LogP) is 4.61. The fraction of sp³-hybridized carbons (Fsp3) is 0.708. The Bertz CT molecular complexity index is 1040. The molecule has 0 atom stereocenters. The molecule has 5 rings (SSSR count). The number of ether oxygens (including phenoxy) is 1. The number of alkyl halides is 3. The Kier molecular flexibility index (Phi) is 6.82. The molecule has 1 amide bonds. The first kappa shape index (κ1) is 24.5. The number of alkyl carbamates (subject to hydrolysis) is 1. The first-order chi connectivity index (χ1) is 16.7. The van der Waals surface area contributed by atoms with Crippen LogP contribution in [0.5, 0.6) is 0 Å². The van der Waals surface area contributed by atoms with Gasteiger partial charge in [-0.3, -0.25) is 0 Å². The lowest BCUT2D eigenvalue weighted by Crippen LogP contribution is -2.61. The molecule has 7 nitrogen and oxygen atoms in total. The van der Waals surface area contributed by atoms with Crippen molar-refractivity contribution in [3.63, 3.8) is 0 Å². The largest absolute Gasteiger partial charge is 0.453 e. The summed E-state index contributed by atoms with van der Waals surface area (Å²) in [5.41, 5.74) is 0.278. The van der Waals surface area contributed by atoms with E-state index in [1.807, 2.05) is 0 Å². The molecule has 3 aliphatic rings. The van der Waals surface area contributed by atoms with Gasteiger partial charge in [-0.15, -0.1) is 11.3 Å². The fourth-order valence-corrected chi connectivity index (χ4v) is 6.97. The van der Waals surface area contributed by atoms with Crippen molar-refractivity contribution in [1.82, 2.24) is 20.2 Å². The molecule has 1 spiro atoms. The molecule has 0 unspecified atom stereocenters. The third kappa shape index (κ3) is 5.66. The zero-order valence-corrected chi connectivity index (χ0v) is 20.8. The molecule has 1 aliphatic carbocycles. The van der Waals surface area contributed by atoms with E-state index in [0.717, 1.165) is 93.8 Å². The number of methoxy groups -OCH3 is 1. The second-order valence-electron chi connectivity index (χ2n) is 10.4. The van der Waals surface area contributed by atoms with Crippen molar-refractivity contribution in [2.75, 3.05) is 44.7 Å². The van der Waals surface area contributed by atoms with Crippen LogP contribution in [0, 0.1) is 11.3 Å². The normalized spacial score (nSPS) is 25.0. The quantitative estimate of drug-likeness (QED) is 0.632. The Labute approximate surface area is 207 Å². The minimum Gasteiger partial charge on any atom is -0.453 e. The van der Waals surface area contributed by atoms with Crippen molar-refractivity contribution in [3.8, 4) is 0 Å². The SMILES string of the molecule is COC(=O)NC1CCC(CN2CCC3(CC2)CN(c2ncnc4sc(CC(F)(F)F)cc24)C3)CC1. The summed E-state index contributed by atoms with van der Waals surface area (Å²) in [5.74, 6) is 1.45. The summed E-state index contributed by atoms with van der Waals surface area (Å²) in [6, 6.07) is 1.84. The number of thiophene rings is 1. The van der Waals surface area contributed by atoms with Crippen LogP contribution in [-0.4, -0.2) is 73.0 Å². The summed E-state index contributed by atoms with van der Waals surface area (Å²) >= 11 is 1.11. The van der Waals surface area contributed by atoms with E-state index in [1.54, 1.807) is 6.07 Å². The lowest BCUT2D eigenvalue weighted by Gasteiger charge is -2.55. The number of halogens is 3. The van der Waals surface area contributed by atoms with Crippen LogP contribution in [0.3, 0.4) is 0 Å². The van der Waals surface area contributed by atoms with E-state index in [1.165, 1.54) is 13.4 Å². The van der Waals surface area contributed by atoms with Crippen LogP contribution in [0.4, 0.5) is 23.8 Å². The van der Waals surface area contributed by atoms with E-state index < -0.39 is 12.6 Å². The van der Waals surface area contributed by atoms with Crippen molar-refractivity contribution in [2.24, 2.45) is 11.3 Å². The highest BCUT2D eigenvalue weighted by Crippen LogP contribution is 2.44. The average molecular weight is 512 g/mol. The summed E-state index contributed by atoms with van der Waals surface area (Å²) in [6.07, 6.45) is 2.54. The van der Waals surface area contributed by atoms with Crippen LogP contribution in [0.1, 0.15) is 43.4 Å². The topological polar surface area (TPSA) is 70.6 Å². The van der Waals surface area contributed by atoms with Crippen LogP contribution in [0.15, 0.2) is 12.4 Å². The minimum atomic E-state index is -4.22. The first-order valence-electron chi connectivity index (χ1n) is 12.3. The number of nitrogens with zero attached hydrogens (tertiary/aromatic N) is 4. The summed E-state index contributed by atoms with van der Waals surface area (Å²) in [7, 11) is 1.40. The molecule has 35 heavy (non-hydrogen) atoms. The number of carbonyl (C=O) groups is 1. The fourth-order valence-electron chi connectivity index (χ4n) is 5.95. The number of amides is 1. The molecule has 1 saturated carbocycles. The first-order valence-corrected chi connectivity index (χ1v) is 13.2. The highest BCUT2D eigenvalue weighted by atomic mass is 32.1. The van der Waals surface area contributed by atoms with E-state index in [0.29, 0.717) is 10.7 Å². The predicted molar refractivity (Wildman–Crippen MR) is 129 cm³/mol. The van der Waals surface area contributed by atoms with Gasteiger partial charge in [0.25, 0.3) is 0 Å². The number of aromatic nitrogens is 2. The maximum absolute atomic E-state index is 12.8. The van der Waals surface area contributed by atoms with Crippen LogP contribution in [0.2, 0.25) is 0 Å². The van der Waals surface area contributed by atoms with Gasteiger partial charge in [0.1, 0.15) is 17.0 Å². The van der Waals surface area contributed by atoms with Gasteiger partial charge in [0, 0.05) is 36.0 Å². The van der Waals surface area contributed by atoms with Crippen molar-refractivity contribution in [2.45, 2.75) is 57.2 Å². The van der Waals surface area contributed by atoms with Gasteiger partial charge >= 0.3 is 12.3 Å². The van der Waals surface area contributed by atoms with Crippen LogP contribution >= 0.6 is 11.3 Å². The Morgan fingerprint density at radius 2 is 1.91 bits per heavy atom. The molecule has 2 aliphatic heterocycles. The van der Waals surface area contributed by atoms with E-state index in [-0.39, 0.29) is 22.4 Å². The highest BCUT2D eigenvalue weighted by Gasteiger charge is 2.46. The van der Waals surface area contributed by atoms with Crippen molar-refractivity contribution >= 4 is 33.5 Å². The zero-order valence-electron chi connectivity index (χ0n) is 19.9. The van der Waals surface area contributed by atoms with E-state index >= 15 is 0 Å². The number of hydrogen-bond donors (Lipinski definition) is 1. The molecule has 1 N–H and O–H groups in total. The second-order valence-corrected chi connectivity index (χ2v) is 11.5. The Hall–Kier alpha value is -2.14. The number of nitrogens with one attached hydrogen (secondary N) is 1. The molecule has 0 aromatic carbocycles. The van der Waals surface area contributed by atoms with Crippen LogP contribution < -0.4 is 10.2 Å². The number of rotatable bonds is 5. The summed E-state index contributed by atoms with van der Waals surface area (Å²) < 4.78 is 43.2. The smallest absolute Gasteiger partial charge is 0.407 e. The molecular formula is C24H32F3N5O2S. The summed E-state index contributed by atoms with van der Waals surface area (Å²) in [4.78, 5) is 25.8. The standard InChI is InChI=1S/C24H32F3N5O2S/c1-34-22(33)30-17-4-2-16(3-5-17)12-31-8-6-23(7-9-31)13-32(14-23)20-19-10-18(11-24(25,26)27)35-21(19)29-15-28-20/h10,15-17H,2-9,11-14H2,1H3,(H,30,33). The molecule has 4 heterocycles. The Balaban J connectivity index is 1.10. The molecular weight excluding hydrogens is 479 g/mol. The maximum atomic E-state index is 12.8. The number of piperidine rings is 1. The van der Waals surface area contributed by atoms with Gasteiger partial charge in [0.05, 0.1) is 18.9 Å². The molecule has 2 saturated heterocycles. The van der Waals surface area contributed by atoms with Gasteiger partial charge in [0.15, 0.2) is 0 Å². The third-order valence-electron chi connectivity index (χ3n) is 7.87. The van der Waals surface area contributed by atoms with E-state index in [4.69, 9.17) is 4.74 Å². The van der Waals surface area contributed by atoms with Crippen molar-refractivity contribution in [3.05, 3.63) is 17.3 Å². The monoisotopic (exact) mass is 511 g/mol. The number of fused-ring (bicyclic) bond motifs is 1. The second kappa shape index (κ2) is 9.72. The van der Waals surface area contributed by atoms with Gasteiger partial charge < -0.3 is 19.9 Å². The van der Waals surface area contributed by atoms with Crippen LogP contribution in [-0.2, 0) is 11.2 Å². The van der Waals surface area contributed by atoms with Gasteiger partial charge in [-0.2, -0.15) is 13.2 Å². The van der Waals surface area contributed by atoms with Crippen molar-refractivity contribution < 1.29 is 22.7 Å².